The number of nitrogens with two attached hydrogens (primary N) is 1. The van der Waals surface area contributed by atoms with Crippen LogP contribution in [0.2, 0.25) is 0 Å². The van der Waals surface area contributed by atoms with Crippen LogP contribution in [0.5, 0.6) is 0 Å². The smallest absolute Gasteiger partial charge is 0.0795 e. The molecule has 1 aromatic heterocycles. The van der Waals surface area contributed by atoms with Crippen molar-refractivity contribution >= 4 is 22.7 Å². The molecule has 84 valence electrons. The van der Waals surface area contributed by atoms with E-state index in [1.165, 1.54) is 5.56 Å². The number of benzene rings is 1. The van der Waals surface area contributed by atoms with Crippen LogP contribution in [0.4, 0.5) is 11.4 Å². The molecular weight excluding hydrogens is 218 g/mol. The second-order valence-corrected chi connectivity index (χ2v) is 4.60. The summed E-state index contributed by atoms with van der Waals surface area (Å²) in [5.41, 5.74) is 11.9. The molecule has 0 bridgehead atoms. The first-order chi connectivity index (χ1) is 7.66. The normalized spacial score (nSPS) is 10.4. The molecule has 2 aromatic rings. The average Bonchev–Trinajstić information content (AvgIpc) is 2.74. The second kappa shape index (κ2) is 4.53. The van der Waals surface area contributed by atoms with Crippen molar-refractivity contribution in [2.45, 2.75) is 13.5 Å². The lowest BCUT2D eigenvalue weighted by molar-refractivity contribution is 0.890. The van der Waals surface area contributed by atoms with Gasteiger partial charge in [0.2, 0.25) is 0 Å². The van der Waals surface area contributed by atoms with E-state index < -0.39 is 0 Å². The molecule has 0 saturated carbocycles. The summed E-state index contributed by atoms with van der Waals surface area (Å²) in [6.45, 7) is 2.90. The van der Waals surface area contributed by atoms with Crippen molar-refractivity contribution in [3.05, 3.63) is 40.3 Å². The number of thiazole rings is 1. The number of aryl methyl sites for hydroxylation is 1. The molecule has 16 heavy (non-hydrogen) atoms. The maximum Gasteiger partial charge on any atom is 0.0795 e. The van der Waals surface area contributed by atoms with E-state index in [9.17, 15) is 0 Å². The van der Waals surface area contributed by atoms with E-state index in [-0.39, 0.29) is 0 Å². The zero-order valence-electron chi connectivity index (χ0n) is 9.47. The molecule has 0 aliphatic rings. The summed E-state index contributed by atoms with van der Waals surface area (Å²) in [7, 11) is 2.06. The molecule has 1 heterocycles. The highest BCUT2D eigenvalue weighted by Gasteiger charge is 2.06. The molecular formula is C12H15N3S. The fourth-order valence-electron chi connectivity index (χ4n) is 1.68. The van der Waals surface area contributed by atoms with Crippen LogP contribution in [0, 0.1) is 6.92 Å². The van der Waals surface area contributed by atoms with Crippen molar-refractivity contribution in [3.8, 4) is 0 Å². The molecule has 0 aliphatic heterocycles. The maximum absolute atomic E-state index is 5.80. The zero-order valence-corrected chi connectivity index (χ0v) is 10.3. The quantitative estimate of drug-likeness (QED) is 0.829. The monoisotopic (exact) mass is 233 g/mol. The van der Waals surface area contributed by atoms with Crippen LogP contribution in [0.1, 0.15) is 11.3 Å². The Bertz CT molecular complexity index is 465. The Labute approximate surface area is 99.5 Å². The Balaban J connectivity index is 2.20. The van der Waals surface area contributed by atoms with Gasteiger partial charge in [0, 0.05) is 23.8 Å². The Morgan fingerprint density at radius 2 is 2.25 bits per heavy atom. The van der Waals surface area contributed by atoms with Crippen LogP contribution in [0.3, 0.4) is 0 Å². The first kappa shape index (κ1) is 11.0. The minimum Gasteiger partial charge on any atom is -0.399 e. The molecule has 0 saturated heterocycles. The molecule has 4 heteroatoms. The van der Waals surface area contributed by atoms with Crippen LogP contribution in [-0.2, 0) is 6.54 Å². The topological polar surface area (TPSA) is 42.1 Å². The summed E-state index contributed by atoms with van der Waals surface area (Å²) in [5, 5.41) is 2.07. The van der Waals surface area contributed by atoms with E-state index in [1.807, 2.05) is 23.7 Å². The van der Waals surface area contributed by atoms with Crippen LogP contribution < -0.4 is 10.6 Å². The fraction of sp³-hybridized carbons (Fsp3) is 0.250. The second-order valence-electron chi connectivity index (χ2n) is 3.88. The number of nitrogen functional groups attached to an aromatic ring is 1. The SMILES string of the molecule is Cc1ccc(N)cc1N(C)Cc1cscn1. The highest BCUT2D eigenvalue weighted by atomic mass is 32.1. The van der Waals surface area contributed by atoms with Gasteiger partial charge in [-0.25, -0.2) is 4.98 Å². The van der Waals surface area contributed by atoms with Gasteiger partial charge >= 0.3 is 0 Å². The number of rotatable bonds is 3. The van der Waals surface area contributed by atoms with Gasteiger partial charge in [-0.2, -0.15) is 0 Å². The largest absolute Gasteiger partial charge is 0.399 e. The summed E-state index contributed by atoms with van der Waals surface area (Å²) in [6, 6.07) is 5.97. The Kier molecular flexibility index (Phi) is 3.10. The van der Waals surface area contributed by atoms with E-state index in [4.69, 9.17) is 5.73 Å². The maximum atomic E-state index is 5.80. The van der Waals surface area contributed by atoms with Gasteiger partial charge in [0.15, 0.2) is 0 Å². The summed E-state index contributed by atoms with van der Waals surface area (Å²) in [4.78, 5) is 6.45. The predicted molar refractivity (Wildman–Crippen MR) is 69.8 cm³/mol. The van der Waals surface area contributed by atoms with E-state index in [2.05, 4.69) is 29.2 Å². The molecule has 0 atom stereocenters. The fourth-order valence-corrected chi connectivity index (χ4v) is 2.23. The lowest BCUT2D eigenvalue weighted by Crippen LogP contribution is -2.17. The molecule has 0 fully saturated rings. The standard InChI is InChI=1S/C12H15N3S/c1-9-3-4-10(13)5-12(9)15(2)6-11-7-16-8-14-11/h3-5,7-8H,6,13H2,1-2H3. The number of hydrogen-bond acceptors (Lipinski definition) is 4. The van der Waals surface area contributed by atoms with Gasteiger partial charge in [-0.05, 0) is 24.6 Å². The number of hydrogen-bond donors (Lipinski definition) is 1. The molecule has 0 radical (unpaired) electrons. The van der Waals surface area contributed by atoms with E-state index in [0.717, 1.165) is 23.6 Å². The first-order valence-electron chi connectivity index (χ1n) is 5.11. The van der Waals surface area contributed by atoms with Gasteiger partial charge in [0.25, 0.3) is 0 Å². The van der Waals surface area contributed by atoms with Gasteiger partial charge in [-0.15, -0.1) is 11.3 Å². The molecule has 1 aromatic carbocycles. The number of anilines is 2. The van der Waals surface area contributed by atoms with Gasteiger partial charge in [0.05, 0.1) is 17.7 Å². The minimum absolute atomic E-state index is 0.797. The van der Waals surface area contributed by atoms with E-state index in [0.29, 0.717) is 0 Å². The summed E-state index contributed by atoms with van der Waals surface area (Å²) < 4.78 is 0. The molecule has 0 amide bonds. The van der Waals surface area contributed by atoms with Gasteiger partial charge < -0.3 is 10.6 Å². The Morgan fingerprint density at radius 1 is 1.44 bits per heavy atom. The van der Waals surface area contributed by atoms with Crippen LogP contribution in [-0.4, -0.2) is 12.0 Å². The first-order valence-corrected chi connectivity index (χ1v) is 6.05. The summed E-state index contributed by atoms with van der Waals surface area (Å²) in [6.07, 6.45) is 0. The minimum atomic E-state index is 0.797. The summed E-state index contributed by atoms with van der Waals surface area (Å²) in [5.74, 6) is 0. The highest BCUT2D eigenvalue weighted by molar-refractivity contribution is 7.07. The van der Waals surface area contributed by atoms with Crippen molar-refractivity contribution in [1.82, 2.24) is 4.98 Å². The van der Waals surface area contributed by atoms with Crippen molar-refractivity contribution in [2.75, 3.05) is 17.7 Å². The van der Waals surface area contributed by atoms with Gasteiger partial charge in [-0.1, -0.05) is 6.07 Å². The average molecular weight is 233 g/mol. The molecule has 0 aliphatic carbocycles. The van der Waals surface area contributed by atoms with Crippen molar-refractivity contribution in [3.63, 3.8) is 0 Å². The van der Waals surface area contributed by atoms with Crippen LogP contribution in [0.25, 0.3) is 0 Å². The van der Waals surface area contributed by atoms with Crippen molar-refractivity contribution in [1.29, 1.82) is 0 Å². The van der Waals surface area contributed by atoms with Gasteiger partial charge in [0.1, 0.15) is 0 Å². The molecule has 3 nitrogen and oxygen atoms in total. The van der Waals surface area contributed by atoms with Crippen molar-refractivity contribution < 1.29 is 0 Å². The molecule has 0 spiro atoms. The predicted octanol–water partition coefficient (Wildman–Crippen LogP) is 2.67. The number of aromatic nitrogens is 1. The highest BCUT2D eigenvalue weighted by Crippen LogP contribution is 2.23. The van der Waals surface area contributed by atoms with E-state index >= 15 is 0 Å². The Morgan fingerprint density at radius 3 is 2.94 bits per heavy atom. The molecule has 0 unspecified atom stereocenters. The third kappa shape index (κ3) is 2.33. The third-order valence-electron chi connectivity index (χ3n) is 2.53. The third-order valence-corrected chi connectivity index (χ3v) is 3.16. The lowest BCUT2D eigenvalue weighted by Gasteiger charge is -2.20. The van der Waals surface area contributed by atoms with Crippen molar-refractivity contribution in [2.24, 2.45) is 0 Å². The van der Waals surface area contributed by atoms with E-state index in [1.54, 1.807) is 11.3 Å². The number of nitrogens with zero attached hydrogens (tertiary/aromatic N) is 2. The van der Waals surface area contributed by atoms with Gasteiger partial charge in [-0.3, -0.25) is 0 Å². The molecule has 2 N–H and O–H groups in total. The van der Waals surface area contributed by atoms with Crippen LogP contribution >= 0.6 is 11.3 Å². The lowest BCUT2D eigenvalue weighted by atomic mass is 10.1. The Hall–Kier alpha value is -1.55. The summed E-state index contributed by atoms with van der Waals surface area (Å²) >= 11 is 1.62. The zero-order chi connectivity index (χ0) is 11.5. The molecule has 2 rings (SSSR count). The van der Waals surface area contributed by atoms with Crippen LogP contribution in [0.15, 0.2) is 29.1 Å².